The van der Waals surface area contributed by atoms with E-state index < -0.39 is 55.1 Å². The van der Waals surface area contributed by atoms with E-state index in [-0.39, 0.29) is 22.6 Å². The summed E-state index contributed by atoms with van der Waals surface area (Å²) in [6.07, 6.45) is -5.46. The summed E-state index contributed by atoms with van der Waals surface area (Å²) in [7, 11) is 0. The molecule has 1 aliphatic carbocycles. The number of aryl methyl sites for hydroxylation is 1. The number of carbonyl (C=O) groups is 2. The highest BCUT2D eigenvalue weighted by atomic mass is 16.2. The Kier molecular flexibility index (Phi) is 1.84. The van der Waals surface area contributed by atoms with Crippen LogP contribution < -0.4 is 11.3 Å². The fraction of sp³-hybridized carbons (Fsp3) is 0.333. The summed E-state index contributed by atoms with van der Waals surface area (Å²) in [6.45, 7) is -1.82. The van der Waals surface area contributed by atoms with Gasteiger partial charge in [-0.2, -0.15) is 0 Å². The minimum absolute atomic E-state index is 0.0214. The second kappa shape index (κ2) is 4.80. The third-order valence-electron chi connectivity index (χ3n) is 3.27. The number of rotatable bonds is 1. The highest BCUT2D eigenvalue weighted by Gasteiger charge is 2.30. The molecule has 0 saturated heterocycles. The van der Waals surface area contributed by atoms with Crippen molar-refractivity contribution < 1.29 is 17.8 Å². The number of Topliss-reactive ketones (excluding diaryl/α,β-unsaturated/α-hetero) is 2. The van der Waals surface area contributed by atoms with Crippen LogP contribution in [0.25, 0.3) is 10.9 Å². The summed E-state index contributed by atoms with van der Waals surface area (Å²) in [4.78, 5) is 41.3. The van der Waals surface area contributed by atoms with E-state index in [9.17, 15) is 14.4 Å². The number of ketones is 2. The highest BCUT2D eigenvalue weighted by Crippen LogP contribution is 2.24. The molecule has 1 saturated carbocycles. The number of fused-ring (bicyclic) bond motifs is 1. The first-order valence-electron chi connectivity index (χ1n) is 9.35. The van der Waals surface area contributed by atoms with E-state index in [0.717, 1.165) is 0 Å². The van der Waals surface area contributed by atoms with Crippen LogP contribution in [0.2, 0.25) is 0 Å². The summed E-state index contributed by atoms with van der Waals surface area (Å²) in [5.41, 5.74) is 4.64. The molecule has 2 unspecified atom stereocenters. The fourth-order valence-corrected chi connectivity index (χ4v) is 2.29. The molecular formula is C15H15N3O3. The van der Waals surface area contributed by atoms with Crippen LogP contribution in [0.3, 0.4) is 0 Å². The Balaban J connectivity index is 2.39. The maximum absolute atomic E-state index is 13.1. The number of nitrogens with two attached hydrogens (primary N) is 1. The van der Waals surface area contributed by atoms with Gasteiger partial charge in [-0.1, -0.05) is 6.07 Å². The molecular weight excluding hydrogens is 270 g/mol. The lowest BCUT2D eigenvalue weighted by molar-refractivity contribution is -0.132. The Hall–Kier alpha value is -2.50. The van der Waals surface area contributed by atoms with E-state index in [2.05, 4.69) is 4.98 Å². The normalized spacial score (nSPS) is 29.4. The van der Waals surface area contributed by atoms with Gasteiger partial charge in [-0.3, -0.25) is 19.0 Å². The molecule has 6 heteroatoms. The number of hydrogen-bond acceptors (Lipinski definition) is 5. The second-order valence-corrected chi connectivity index (χ2v) is 4.62. The predicted molar refractivity (Wildman–Crippen MR) is 78.1 cm³/mol. The first-order valence-corrected chi connectivity index (χ1v) is 6.12. The van der Waals surface area contributed by atoms with E-state index in [4.69, 9.17) is 14.0 Å². The van der Waals surface area contributed by atoms with Gasteiger partial charge in [-0.05, 0) is 25.4 Å². The van der Waals surface area contributed by atoms with Crippen LogP contribution in [0.5, 0.6) is 0 Å². The van der Waals surface area contributed by atoms with Crippen molar-refractivity contribution in [3.8, 4) is 0 Å². The SMILES string of the molecule is [2H]c1ccc2nc(C([2H])[2H])n(C3C(=O)CC(=O)C([2H])([2H])C3[2H])c(=O)c2c1N. The lowest BCUT2D eigenvalue weighted by Gasteiger charge is -2.24. The van der Waals surface area contributed by atoms with Crippen LogP contribution in [0.15, 0.2) is 23.0 Å². The number of aromatic nitrogens is 2. The number of benzene rings is 1. The van der Waals surface area contributed by atoms with Gasteiger partial charge in [-0.25, -0.2) is 4.98 Å². The average molecular weight is 291 g/mol. The van der Waals surface area contributed by atoms with Crippen LogP contribution >= 0.6 is 0 Å². The first kappa shape index (κ1) is 8.07. The van der Waals surface area contributed by atoms with Gasteiger partial charge in [0.05, 0.1) is 24.7 Å². The first-order chi connectivity index (χ1) is 12.5. The maximum atomic E-state index is 13.1. The number of nitrogens with zero attached hydrogens (tertiary/aromatic N) is 2. The molecule has 21 heavy (non-hydrogen) atoms. The van der Waals surface area contributed by atoms with E-state index in [1.165, 1.54) is 12.1 Å². The van der Waals surface area contributed by atoms with Crippen LogP contribution in [0, 0.1) is 6.88 Å². The zero-order chi connectivity index (χ0) is 20.3. The van der Waals surface area contributed by atoms with Crippen molar-refractivity contribution >= 4 is 28.2 Å². The molecule has 1 fully saturated rings. The van der Waals surface area contributed by atoms with Gasteiger partial charge in [-0.15, -0.1) is 0 Å². The van der Waals surface area contributed by atoms with Crippen LogP contribution in [0.1, 0.15) is 39.3 Å². The molecule has 0 radical (unpaired) electrons. The molecule has 6 nitrogen and oxygen atoms in total. The Morgan fingerprint density at radius 3 is 3.10 bits per heavy atom. The Labute approximate surface area is 129 Å². The monoisotopic (exact) mass is 291 g/mol. The van der Waals surface area contributed by atoms with E-state index in [0.29, 0.717) is 4.57 Å². The Morgan fingerprint density at radius 2 is 2.33 bits per heavy atom. The highest BCUT2D eigenvalue weighted by molar-refractivity contribution is 6.03. The second-order valence-electron chi connectivity index (χ2n) is 4.62. The van der Waals surface area contributed by atoms with Gasteiger partial charge in [0, 0.05) is 18.9 Å². The minimum Gasteiger partial charge on any atom is -0.398 e. The van der Waals surface area contributed by atoms with Crippen molar-refractivity contribution in [1.29, 1.82) is 0 Å². The van der Waals surface area contributed by atoms with E-state index in [1.807, 2.05) is 0 Å². The van der Waals surface area contributed by atoms with E-state index in [1.54, 1.807) is 0 Å². The number of hydrogen-bond donors (Lipinski definition) is 1. The molecule has 108 valence electrons. The van der Waals surface area contributed by atoms with Gasteiger partial charge in [0.1, 0.15) is 11.6 Å². The quantitative estimate of drug-likeness (QED) is 0.628. The third kappa shape index (κ3) is 2.12. The fourth-order valence-electron chi connectivity index (χ4n) is 2.29. The maximum Gasteiger partial charge on any atom is 0.264 e. The number of anilines is 1. The lowest BCUT2D eigenvalue weighted by atomic mass is 9.92. The van der Waals surface area contributed by atoms with Crippen molar-refractivity contribution in [1.82, 2.24) is 9.55 Å². The van der Waals surface area contributed by atoms with E-state index >= 15 is 0 Å². The lowest BCUT2D eigenvalue weighted by Crippen LogP contribution is -2.36. The topological polar surface area (TPSA) is 95.0 Å². The zero-order valence-corrected chi connectivity index (χ0v) is 10.8. The number of carbonyl (C=O) groups excluding carboxylic acids is 2. The van der Waals surface area contributed by atoms with Crippen LogP contribution in [0.4, 0.5) is 5.69 Å². The minimum atomic E-state index is -2.69. The van der Waals surface area contributed by atoms with Crippen molar-refractivity contribution in [2.75, 3.05) is 5.73 Å². The van der Waals surface area contributed by atoms with Gasteiger partial charge >= 0.3 is 0 Å². The molecule has 0 aliphatic heterocycles. The third-order valence-corrected chi connectivity index (χ3v) is 3.27. The van der Waals surface area contributed by atoms with Crippen LogP contribution in [-0.2, 0) is 9.59 Å². The van der Waals surface area contributed by atoms with Crippen molar-refractivity contribution in [2.24, 2.45) is 0 Å². The molecule has 1 heterocycles. The molecule has 1 aromatic heterocycles. The van der Waals surface area contributed by atoms with Crippen LogP contribution in [-0.4, -0.2) is 21.1 Å². The molecule has 2 atom stereocenters. The molecule has 0 amide bonds. The Morgan fingerprint density at radius 1 is 1.52 bits per heavy atom. The van der Waals surface area contributed by atoms with Gasteiger partial charge in [0.25, 0.3) is 5.56 Å². The molecule has 3 rings (SSSR count). The molecule has 2 N–H and O–H groups in total. The smallest absolute Gasteiger partial charge is 0.264 e. The van der Waals surface area contributed by atoms with Gasteiger partial charge < -0.3 is 5.73 Å². The summed E-state index contributed by atoms with van der Waals surface area (Å²) in [5, 5.41) is -0.218. The molecule has 1 aromatic carbocycles. The standard InChI is InChI=1S/C15H15N3O3/c1-8-17-11-4-2-3-10(16)14(11)15(21)18(8)12-6-5-9(19)7-13(12)20/h2-4,12H,5-7,16H2,1H3/i1D2,3D,5D2,6D. The van der Waals surface area contributed by atoms with Gasteiger partial charge in [0.15, 0.2) is 5.78 Å². The summed E-state index contributed by atoms with van der Waals surface area (Å²) < 4.78 is 47.3. The predicted octanol–water partition coefficient (Wildman–Crippen LogP) is 1.15. The zero-order valence-electron chi connectivity index (χ0n) is 16.8. The molecule has 0 spiro atoms. The molecule has 0 bridgehead atoms. The molecule has 2 aromatic rings. The molecule has 1 aliphatic rings. The summed E-state index contributed by atoms with van der Waals surface area (Å²) >= 11 is 0. The Bertz CT molecular complexity index is 1040. The average Bonchev–Trinajstić information content (AvgIpc) is 2.58. The number of nitrogen functional groups attached to an aromatic ring is 1. The van der Waals surface area contributed by atoms with Crippen molar-refractivity contribution in [3.63, 3.8) is 0 Å². The summed E-state index contributed by atoms with van der Waals surface area (Å²) in [5.74, 6) is -2.40. The summed E-state index contributed by atoms with van der Waals surface area (Å²) in [6, 6.07) is 0.702. The van der Waals surface area contributed by atoms with Gasteiger partial charge in [0.2, 0.25) is 0 Å². The van der Waals surface area contributed by atoms with Crippen molar-refractivity contribution in [3.05, 3.63) is 34.4 Å². The van der Waals surface area contributed by atoms with Crippen molar-refractivity contribution in [2.45, 2.75) is 32.1 Å². The largest absolute Gasteiger partial charge is 0.398 e.